The molecule has 29 heavy (non-hydrogen) atoms. The third kappa shape index (κ3) is 5.67. The van der Waals surface area contributed by atoms with Gasteiger partial charge in [-0.15, -0.1) is 11.3 Å². The molecule has 1 aliphatic carbocycles. The largest absolute Gasteiger partial charge is 0.481 e. The van der Waals surface area contributed by atoms with Crippen LogP contribution in [0.5, 0.6) is 0 Å². The highest BCUT2D eigenvalue weighted by Gasteiger charge is 2.25. The van der Waals surface area contributed by atoms with E-state index in [2.05, 4.69) is 10.6 Å². The Morgan fingerprint density at radius 1 is 1.07 bits per heavy atom. The molecule has 1 aromatic carbocycles. The predicted octanol–water partition coefficient (Wildman–Crippen LogP) is 4.77. The van der Waals surface area contributed by atoms with Crippen molar-refractivity contribution in [3.63, 3.8) is 0 Å². The lowest BCUT2D eigenvalue weighted by atomic mass is 10.0. The molecular formula is C22H26N2O4S. The second-order valence-corrected chi connectivity index (χ2v) is 8.49. The monoisotopic (exact) mass is 414 g/mol. The van der Waals surface area contributed by atoms with E-state index in [1.54, 1.807) is 0 Å². The van der Waals surface area contributed by atoms with E-state index in [9.17, 15) is 14.4 Å². The van der Waals surface area contributed by atoms with Gasteiger partial charge in [-0.1, -0.05) is 18.6 Å². The van der Waals surface area contributed by atoms with Crippen LogP contribution in [0.15, 0.2) is 24.3 Å². The number of nitrogens with one attached hydrogen (secondary N) is 2. The fourth-order valence-corrected chi connectivity index (χ4v) is 4.88. The molecule has 2 aromatic rings. The molecule has 0 saturated carbocycles. The van der Waals surface area contributed by atoms with Gasteiger partial charge in [0.25, 0.3) is 5.91 Å². The van der Waals surface area contributed by atoms with Crippen molar-refractivity contribution in [2.24, 2.45) is 0 Å². The average molecular weight is 415 g/mol. The molecule has 6 nitrogen and oxygen atoms in total. The molecule has 154 valence electrons. The van der Waals surface area contributed by atoms with Crippen LogP contribution >= 0.6 is 11.3 Å². The molecule has 3 N–H and O–H groups in total. The first kappa shape index (κ1) is 21.0. The van der Waals surface area contributed by atoms with Gasteiger partial charge in [-0.2, -0.15) is 0 Å². The summed E-state index contributed by atoms with van der Waals surface area (Å²) in [7, 11) is 0. The zero-order valence-electron chi connectivity index (χ0n) is 16.5. The number of hydrogen-bond acceptors (Lipinski definition) is 4. The Kier molecular flexibility index (Phi) is 7.04. The number of rotatable bonds is 7. The minimum atomic E-state index is -0.918. The van der Waals surface area contributed by atoms with Gasteiger partial charge < -0.3 is 15.7 Å². The molecule has 0 unspecified atom stereocenters. The number of fused-ring (bicyclic) bond motifs is 1. The van der Waals surface area contributed by atoms with Crippen LogP contribution in [0.4, 0.5) is 10.7 Å². The van der Waals surface area contributed by atoms with Gasteiger partial charge in [-0.05, 0) is 62.3 Å². The number of benzene rings is 1. The zero-order chi connectivity index (χ0) is 20.8. The van der Waals surface area contributed by atoms with Gasteiger partial charge in [0.1, 0.15) is 5.00 Å². The molecule has 0 spiro atoms. The van der Waals surface area contributed by atoms with E-state index < -0.39 is 5.97 Å². The number of carbonyl (C=O) groups is 3. The summed E-state index contributed by atoms with van der Waals surface area (Å²) in [4.78, 5) is 37.3. The van der Waals surface area contributed by atoms with Crippen LogP contribution in [0.2, 0.25) is 0 Å². The molecule has 1 heterocycles. The Bertz CT molecular complexity index is 920. The molecule has 7 heteroatoms. The standard InChI is InChI=1S/C22H26N2O4S/c1-14-7-5-8-15(13-14)23-21(28)20-16-9-3-2-4-10-17(16)29-22(20)24-18(25)11-6-12-19(26)27/h5,7-8,13H,2-4,6,9-12H2,1H3,(H,23,28)(H,24,25)(H,26,27). The van der Waals surface area contributed by atoms with Crippen molar-refractivity contribution < 1.29 is 19.5 Å². The number of anilines is 2. The van der Waals surface area contributed by atoms with Gasteiger partial charge in [0.2, 0.25) is 5.91 Å². The van der Waals surface area contributed by atoms with Crippen molar-refractivity contribution in [3.05, 3.63) is 45.8 Å². The number of thiophene rings is 1. The maximum absolute atomic E-state index is 13.1. The van der Waals surface area contributed by atoms with Crippen molar-refractivity contribution in [1.29, 1.82) is 0 Å². The summed E-state index contributed by atoms with van der Waals surface area (Å²) in [6.45, 7) is 1.97. The molecule has 1 aliphatic rings. The van der Waals surface area contributed by atoms with Gasteiger partial charge in [0, 0.05) is 23.4 Å². The molecule has 3 rings (SSSR count). The van der Waals surface area contributed by atoms with Gasteiger partial charge >= 0.3 is 5.97 Å². The van der Waals surface area contributed by atoms with Crippen molar-refractivity contribution in [1.82, 2.24) is 0 Å². The molecular weight excluding hydrogens is 388 g/mol. The van der Waals surface area contributed by atoms with Gasteiger partial charge in [-0.3, -0.25) is 14.4 Å². The molecule has 0 saturated heterocycles. The second-order valence-electron chi connectivity index (χ2n) is 7.39. The summed E-state index contributed by atoms with van der Waals surface area (Å²) in [5, 5.41) is 15.2. The lowest BCUT2D eigenvalue weighted by molar-refractivity contribution is -0.137. The molecule has 1 aromatic heterocycles. The molecule has 2 amide bonds. The Morgan fingerprint density at radius 3 is 2.62 bits per heavy atom. The van der Waals surface area contributed by atoms with E-state index in [1.807, 2.05) is 31.2 Å². The zero-order valence-corrected chi connectivity index (χ0v) is 17.4. The minimum absolute atomic E-state index is 0.0466. The van der Waals surface area contributed by atoms with Crippen LogP contribution in [0.25, 0.3) is 0 Å². The summed E-state index contributed by atoms with van der Waals surface area (Å²) >= 11 is 1.48. The maximum atomic E-state index is 13.1. The third-order valence-corrected chi connectivity index (χ3v) is 6.18. The van der Waals surface area contributed by atoms with Crippen LogP contribution in [0.3, 0.4) is 0 Å². The fourth-order valence-electron chi connectivity index (χ4n) is 3.58. The average Bonchev–Trinajstić information content (AvgIpc) is 2.82. The smallest absolute Gasteiger partial charge is 0.303 e. The van der Waals surface area contributed by atoms with Crippen LogP contribution < -0.4 is 10.6 Å². The molecule has 0 radical (unpaired) electrons. The van der Waals surface area contributed by atoms with Crippen molar-refractivity contribution in [2.75, 3.05) is 10.6 Å². The van der Waals surface area contributed by atoms with Crippen LogP contribution in [0, 0.1) is 6.92 Å². The number of carboxylic acids is 1. The summed E-state index contributed by atoms with van der Waals surface area (Å²) in [5.74, 6) is -1.39. The van der Waals surface area contributed by atoms with Gasteiger partial charge in [0.15, 0.2) is 0 Å². The number of aliphatic carboxylic acids is 1. The molecule has 0 bridgehead atoms. The Hall–Kier alpha value is -2.67. The quantitative estimate of drug-likeness (QED) is 0.569. The molecule has 0 aliphatic heterocycles. The van der Waals surface area contributed by atoms with E-state index in [0.29, 0.717) is 10.6 Å². The highest BCUT2D eigenvalue weighted by molar-refractivity contribution is 7.17. The molecule has 0 fully saturated rings. The van der Waals surface area contributed by atoms with Crippen molar-refractivity contribution in [3.8, 4) is 0 Å². The summed E-state index contributed by atoms with van der Waals surface area (Å²) in [6.07, 6.45) is 5.34. The van der Waals surface area contributed by atoms with Crippen LogP contribution in [-0.4, -0.2) is 22.9 Å². The van der Waals surface area contributed by atoms with Gasteiger partial charge in [0.05, 0.1) is 5.56 Å². The normalized spacial score (nSPS) is 13.3. The maximum Gasteiger partial charge on any atom is 0.303 e. The Morgan fingerprint density at radius 2 is 1.86 bits per heavy atom. The number of amides is 2. The highest BCUT2D eigenvalue weighted by Crippen LogP contribution is 2.38. The molecule has 0 atom stereocenters. The minimum Gasteiger partial charge on any atom is -0.481 e. The van der Waals surface area contributed by atoms with E-state index in [4.69, 9.17) is 5.11 Å². The lowest BCUT2D eigenvalue weighted by Gasteiger charge is -2.10. The number of hydrogen-bond donors (Lipinski definition) is 3. The van der Waals surface area contributed by atoms with Gasteiger partial charge in [-0.25, -0.2) is 0 Å². The Labute approximate surface area is 174 Å². The summed E-state index contributed by atoms with van der Waals surface area (Å²) in [5.41, 5.74) is 3.37. The lowest BCUT2D eigenvalue weighted by Crippen LogP contribution is -2.18. The fraction of sp³-hybridized carbons (Fsp3) is 0.409. The van der Waals surface area contributed by atoms with E-state index in [1.165, 1.54) is 11.3 Å². The highest BCUT2D eigenvalue weighted by atomic mass is 32.1. The summed E-state index contributed by atoms with van der Waals surface area (Å²) < 4.78 is 0. The van der Waals surface area contributed by atoms with E-state index in [-0.39, 0.29) is 31.1 Å². The van der Waals surface area contributed by atoms with Crippen LogP contribution in [0.1, 0.15) is 64.9 Å². The number of aryl methyl sites for hydroxylation is 2. The number of carbonyl (C=O) groups excluding carboxylic acids is 2. The number of carboxylic acid groups (broad SMARTS) is 1. The topological polar surface area (TPSA) is 95.5 Å². The van der Waals surface area contributed by atoms with E-state index in [0.717, 1.165) is 53.8 Å². The van der Waals surface area contributed by atoms with E-state index >= 15 is 0 Å². The summed E-state index contributed by atoms with van der Waals surface area (Å²) in [6, 6.07) is 7.62. The van der Waals surface area contributed by atoms with Crippen molar-refractivity contribution in [2.45, 2.75) is 58.3 Å². The SMILES string of the molecule is Cc1cccc(NC(=O)c2c(NC(=O)CCCC(=O)O)sc3c2CCCCC3)c1. The predicted molar refractivity (Wildman–Crippen MR) is 115 cm³/mol. The Balaban J connectivity index is 1.83. The first-order valence-corrected chi connectivity index (χ1v) is 10.8. The second kappa shape index (κ2) is 9.69. The van der Waals surface area contributed by atoms with Crippen LogP contribution in [-0.2, 0) is 22.4 Å². The van der Waals surface area contributed by atoms with Crippen molar-refractivity contribution >= 4 is 39.8 Å². The first-order valence-electron chi connectivity index (χ1n) is 9.98. The third-order valence-electron chi connectivity index (χ3n) is 4.97. The first-order chi connectivity index (χ1) is 13.9.